The van der Waals surface area contributed by atoms with Gasteiger partial charge in [-0.1, -0.05) is 55.8 Å². The number of aryl methyl sites for hydroxylation is 1. The van der Waals surface area contributed by atoms with Gasteiger partial charge < -0.3 is 14.4 Å². The van der Waals surface area contributed by atoms with Crippen molar-refractivity contribution in [3.63, 3.8) is 0 Å². The molecule has 0 aliphatic heterocycles. The molecule has 4 rings (SSSR count). The molecule has 172 valence electrons. The fourth-order valence-corrected chi connectivity index (χ4v) is 4.10. The summed E-state index contributed by atoms with van der Waals surface area (Å²) in [6.07, 6.45) is 5.91. The summed E-state index contributed by atoms with van der Waals surface area (Å²) in [5.41, 5.74) is 3.93. The second-order valence-corrected chi connectivity index (χ2v) is 8.89. The van der Waals surface area contributed by atoms with Gasteiger partial charge in [-0.25, -0.2) is 0 Å². The van der Waals surface area contributed by atoms with Crippen LogP contribution in [0.5, 0.6) is 0 Å². The van der Waals surface area contributed by atoms with Crippen LogP contribution in [-0.2, 0) is 18.4 Å². The Hall–Kier alpha value is -3.34. The first-order valence-electron chi connectivity index (χ1n) is 11.9. The maximum Gasteiger partial charge on any atom is 0.254 e. The van der Waals surface area contributed by atoms with E-state index in [-0.39, 0.29) is 24.4 Å². The number of aromatic nitrogens is 1. The second kappa shape index (κ2) is 10.5. The lowest BCUT2D eigenvalue weighted by Gasteiger charge is -2.28. The van der Waals surface area contributed by atoms with Gasteiger partial charge in [-0.3, -0.25) is 9.59 Å². The molecule has 0 spiro atoms. The Morgan fingerprint density at radius 3 is 2.24 bits per heavy atom. The summed E-state index contributed by atoms with van der Waals surface area (Å²) in [6.45, 7) is 3.54. The normalized spacial score (nSPS) is 13.0. The summed E-state index contributed by atoms with van der Waals surface area (Å²) in [4.78, 5) is 30.4. The monoisotopic (exact) mass is 443 g/mol. The van der Waals surface area contributed by atoms with E-state index in [1.54, 1.807) is 4.90 Å². The van der Waals surface area contributed by atoms with E-state index in [0.717, 1.165) is 42.5 Å². The molecule has 0 unspecified atom stereocenters. The Morgan fingerprint density at radius 2 is 1.64 bits per heavy atom. The van der Waals surface area contributed by atoms with Gasteiger partial charge in [0, 0.05) is 37.1 Å². The Kier molecular flexibility index (Phi) is 7.28. The van der Waals surface area contributed by atoms with Crippen LogP contribution in [0.15, 0.2) is 72.9 Å². The molecule has 1 fully saturated rings. The molecular weight excluding hydrogens is 410 g/mol. The third kappa shape index (κ3) is 5.72. The molecule has 0 atom stereocenters. The van der Waals surface area contributed by atoms with Crippen LogP contribution in [0.4, 0.5) is 0 Å². The largest absolute Gasteiger partial charge is 0.353 e. The summed E-state index contributed by atoms with van der Waals surface area (Å²) in [6, 6.07) is 22.1. The molecule has 1 aromatic heterocycles. The van der Waals surface area contributed by atoms with Gasteiger partial charge in [0.05, 0.1) is 6.54 Å². The van der Waals surface area contributed by atoms with Crippen LogP contribution in [0.3, 0.4) is 0 Å². The SMILES string of the molecule is CCCCN(Cc1cccn1C)C(=O)CN(C(=O)c1ccc(-c2ccccc2)cc1)C1CC1. The fraction of sp³-hybridized carbons (Fsp3) is 0.357. The number of carbonyl (C=O) groups excluding carboxylic acids is 2. The van der Waals surface area contributed by atoms with E-state index < -0.39 is 0 Å². The molecule has 1 aliphatic carbocycles. The topological polar surface area (TPSA) is 45.6 Å². The van der Waals surface area contributed by atoms with Crippen LogP contribution in [0.25, 0.3) is 11.1 Å². The Labute approximate surface area is 196 Å². The van der Waals surface area contributed by atoms with Crippen molar-refractivity contribution in [2.75, 3.05) is 13.1 Å². The zero-order chi connectivity index (χ0) is 23.2. The third-order valence-electron chi connectivity index (χ3n) is 6.33. The van der Waals surface area contributed by atoms with Crippen LogP contribution >= 0.6 is 0 Å². The summed E-state index contributed by atoms with van der Waals surface area (Å²) in [5, 5.41) is 0. The molecule has 1 heterocycles. The van der Waals surface area contributed by atoms with Crippen molar-refractivity contribution in [2.45, 2.75) is 45.2 Å². The van der Waals surface area contributed by atoms with Crippen molar-refractivity contribution in [3.8, 4) is 11.1 Å². The van der Waals surface area contributed by atoms with Crippen molar-refractivity contribution in [1.29, 1.82) is 0 Å². The maximum atomic E-state index is 13.4. The minimum Gasteiger partial charge on any atom is -0.353 e. The first kappa shape index (κ1) is 22.8. The fourth-order valence-electron chi connectivity index (χ4n) is 4.10. The molecular formula is C28H33N3O2. The molecule has 2 amide bonds. The molecule has 0 N–H and O–H groups in total. The van der Waals surface area contributed by atoms with Gasteiger partial charge in [-0.15, -0.1) is 0 Å². The van der Waals surface area contributed by atoms with Gasteiger partial charge in [0.1, 0.15) is 6.54 Å². The highest BCUT2D eigenvalue weighted by Gasteiger charge is 2.35. The average molecular weight is 444 g/mol. The average Bonchev–Trinajstić information content (AvgIpc) is 3.61. The highest BCUT2D eigenvalue weighted by Crippen LogP contribution is 2.29. The number of amides is 2. The van der Waals surface area contributed by atoms with Crippen molar-refractivity contribution in [1.82, 2.24) is 14.4 Å². The van der Waals surface area contributed by atoms with E-state index in [1.165, 1.54) is 0 Å². The number of carbonyl (C=O) groups is 2. The number of unbranched alkanes of at least 4 members (excludes halogenated alkanes) is 1. The first-order valence-corrected chi connectivity index (χ1v) is 11.9. The molecule has 5 nitrogen and oxygen atoms in total. The van der Waals surface area contributed by atoms with Crippen molar-refractivity contribution in [3.05, 3.63) is 84.2 Å². The lowest BCUT2D eigenvalue weighted by Crippen LogP contribution is -2.44. The zero-order valence-corrected chi connectivity index (χ0v) is 19.6. The number of hydrogen-bond donors (Lipinski definition) is 0. The molecule has 0 radical (unpaired) electrons. The second-order valence-electron chi connectivity index (χ2n) is 8.89. The van der Waals surface area contributed by atoms with Gasteiger partial charge >= 0.3 is 0 Å². The Morgan fingerprint density at radius 1 is 0.939 bits per heavy atom. The molecule has 33 heavy (non-hydrogen) atoms. The molecule has 0 bridgehead atoms. The van der Waals surface area contributed by atoms with Crippen LogP contribution < -0.4 is 0 Å². The lowest BCUT2D eigenvalue weighted by molar-refractivity contribution is -0.132. The van der Waals surface area contributed by atoms with Crippen LogP contribution in [0.2, 0.25) is 0 Å². The third-order valence-corrected chi connectivity index (χ3v) is 6.33. The summed E-state index contributed by atoms with van der Waals surface area (Å²) in [5.74, 6) is -0.0365. The van der Waals surface area contributed by atoms with Crippen LogP contribution in [0.1, 0.15) is 48.7 Å². The van der Waals surface area contributed by atoms with Crippen molar-refractivity contribution >= 4 is 11.8 Å². The summed E-state index contributed by atoms with van der Waals surface area (Å²) >= 11 is 0. The van der Waals surface area contributed by atoms with Gasteiger partial charge in [-0.05, 0) is 54.7 Å². The van der Waals surface area contributed by atoms with Gasteiger partial charge in [0.2, 0.25) is 5.91 Å². The number of nitrogens with zero attached hydrogens (tertiary/aromatic N) is 3. The van der Waals surface area contributed by atoms with Gasteiger partial charge in [0.25, 0.3) is 5.91 Å². The van der Waals surface area contributed by atoms with E-state index in [0.29, 0.717) is 18.7 Å². The molecule has 0 saturated heterocycles. The van der Waals surface area contributed by atoms with Gasteiger partial charge in [0.15, 0.2) is 0 Å². The quantitative estimate of drug-likeness (QED) is 0.436. The van der Waals surface area contributed by atoms with Crippen LogP contribution in [-0.4, -0.2) is 45.3 Å². The Bertz CT molecular complexity index is 1070. The summed E-state index contributed by atoms with van der Waals surface area (Å²) < 4.78 is 2.05. The molecule has 5 heteroatoms. The number of benzene rings is 2. The number of rotatable bonds is 10. The Balaban J connectivity index is 1.47. The zero-order valence-electron chi connectivity index (χ0n) is 19.6. The van der Waals surface area contributed by atoms with E-state index in [1.807, 2.05) is 77.3 Å². The summed E-state index contributed by atoms with van der Waals surface area (Å²) in [7, 11) is 2.00. The highest BCUT2D eigenvalue weighted by atomic mass is 16.2. The maximum absolute atomic E-state index is 13.4. The molecule has 1 aliphatic rings. The van der Waals surface area contributed by atoms with Crippen molar-refractivity contribution < 1.29 is 9.59 Å². The predicted octanol–water partition coefficient (Wildman–Crippen LogP) is 5.13. The minimum atomic E-state index is -0.0558. The van der Waals surface area contributed by atoms with E-state index in [9.17, 15) is 9.59 Å². The molecule has 1 saturated carbocycles. The van der Waals surface area contributed by atoms with E-state index in [2.05, 4.69) is 19.1 Å². The highest BCUT2D eigenvalue weighted by molar-refractivity contribution is 5.97. The molecule has 2 aromatic carbocycles. The lowest BCUT2D eigenvalue weighted by atomic mass is 10.0. The first-order chi connectivity index (χ1) is 16.1. The van der Waals surface area contributed by atoms with E-state index >= 15 is 0 Å². The standard InChI is InChI=1S/C28H33N3O2/c1-3-4-19-30(20-26-11-8-18-29(26)2)27(32)21-31(25-16-17-25)28(33)24-14-12-23(13-15-24)22-9-6-5-7-10-22/h5-15,18,25H,3-4,16-17,19-21H2,1-2H3. The van der Waals surface area contributed by atoms with E-state index in [4.69, 9.17) is 0 Å². The van der Waals surface area contributed by atoms with Crippen molar-refractivity contribution in [2.24, 2.45) is 7.05 Å². The minimum absolute atomic E-state index is 0.0193. The van der Waals surface area contributed by atoms with Gasteiger partial charge in [-0.2, -0.15) is 0 Å². The predicted molar refractivity (Wildman–Crippen MR) is 132 cm³/mol. The number of hydrogen-bond acceptors (Lipinski definition) is 2. The molecule has 3 aromatic rings. The smallest absolute Gasteiger partial charge is 0.254 e. The van der Waals surface area contributed by atoms with Crippen LogP contribution in [0, 0.1) is 0 Å².